The molecule has 0 saturated carbocycles. The van der Waals surface area contributed by atoms with Crippen molar-refractivity contribution in [3.63, 3.8) is 0 Å². The van der Waals surface area contributed by atoms with Gasteiger partial charge in [-0.1, -0.05) is 98.8 Å². The van der Waals surface area contributed by atoms with Gasteiger partial charge in [-0.15, -0.1) is 0 Å². The number of hydrogen-bond acceptors (Lipinski definition) is 10. The third-order valence-electron chi connectivity index (χ3n) is 20.5. The van der Waals surface area contributed by atoms with E-state index in [0.29, 0.717) is 45.4 Å². The van der Waals surface area contributed by atoms with Crippen LogP contribution in [0.2, 0.25) is 0 Å². The van der Waals surface area contributed by atoms with Crippen molar-refractivity contribution in [1.29, 1.82) is 0 Å². The predicted molar refractivity (Wildman–Crippen MR) is 360 cm³/mol. The molecule has 0 radical (unpaired) electrons. The number of piperidine rings is 3. The highest BCUT2D eigenvalue weighted by molar-refractivity contribution is 7.88. The quantitative estimate of drug-likeness (QED) is 0.0468. The molecule has 2 aromatic heterocycles. The fourth-order valence-electron chi connectivity index (χ4n) is 15.1. The third-order valence-corrected chi connectivity index (χ3v) is 21.2. The molecule has 8 amide bonds. The first kappa shape index (κ1) is 67.1. The van der Waals surface area contributed by atoms with Crippen molar-refractivity contribution in [2.45, 2.75) is 137 Å². The first-order valence-corrected chi connectivity index (χ1v) is 34.5. The number of nitrogens with two attached hydrogens (primary N) is 1. The zero-order valence-electron chi connectivity index (χ0n) is 54.9. The molecule has 21 nitrogen and oxygen atoms in total. The van der Waals surface area contributed by atoms with E-state index in [0.717, 1.165) is 101 Å². The van der Waals surface area contributed by atoms with Crippen molar-refractivity contribution in [2.75, 3.05) is 93.3 Å². The number of likely N-dealkylation sites (tertiary alicyclic amines) is 2. The molecule has 3 aliphatic heterocycles. The molecule has 4 aromatic carbocycles. The molecular formula is C70H95N13O8S. The maximum Gasteiger partial charge on any atom is 0.318 e. The van der Waals surface area contributed by atoms with E-state index >= 15 is 0 Å². The van der Waals surface area contributed by atoms with Crippen LogP contribution in [0.5, 0.6) is 0 Å². The minimum atomic E-state index is -3.35. The number of carbonyl (C=O) groups excluding carboxylic acids is 6. The second-order valence-electron chi connectivity index (χ2n) is 27.5. The monoisotopic (exact) mass is 1280 g/mol. The van der Waals surface area contributed by atoms with Crippen molar-refractivity contribution < 1.29 is 37.2 Å². The van der Waals surface area contributed by atoms with Crippen molar-refractivity contribution >= 4 is 67.5 Å². The highest BCUT2D eigenvalue weighted by Gasteiger charge is 2.51. The van der Waals surface area contributed by atoms with E-state index in [1.807, 2.05) is 150 Å². The number of carbonyl (C=O) groups is 6. The molecule has 5 aliphatic rings. The van der Waals surface area contributed by atoms with E-state index in [1.54, 1.807) is 21.7 Å². The molecule has 3 fully saturated rings. The van der Waals surface area contributed by atoms with Gasteiger partial charge in [0.25, 0.3) is 0 Å². The number of nitrogens with zero attached hydrogens (tertiary/aromatic N) is 5. The molecule has 2 aliphatic carbocycles. The number of nitrogens with one attached hydrogen (secondary N) is 7. The van der Waals surface area contributed by atoms with E-state index in [1.165, 1.54) is 5.56 Å². The van der Waals surface area contributed by atoms with Gasteiger partial charge in [-0.05, 0) is 117 Å². The Morgan fingerprint density at radius 3 is 1.61 bits per heavy atom. The number of rotatable bonds is 17. The molecule has 7 unspecified atom stereocenters. The summed E-state index contributed by atoms with van der Waals surface area (Å²) < 4.78 is 25.6. The Labute approximate surface area is 541 Å². The van der Waals surface area contributed by atoms with Crippen LogP contribution in [0.25, 0.3) is 21.8 Å². The van der Waals surface area contributed by atoms with Crippen LogP contribution in [0.15, 0.2) is 109 Å². The highest BCUT2D eigenvalue weighted by Crippen LogP contribution is 2.54. The molecule has 0 bridgehead atoms. The van der Waals surface area contributed by atoms with Crippen molar-refractivity contribution in [3.05, 3.63) is 143 Å². The van der Waals surface area contributed by atoms with E-state index in [4.69, 9.17) is 5.73 Å². The van der Waals surface area contributed by atoms with Crippen molar-refractivity contribution in [2.24, 2.45) is 5.73 Å². The number of likely N-dealkylation sites (N-methyl/N-ethyl adjacent to an activating group) is 3. The van der Waals surface area contributed by atoms with Crippen molar-refractivity contribution in [1.82, 2.24) is 60.5 Å². The fourth-order valence-corrected chi connectivity index (χ4v) is 15.6. The van der Waals surface area contributed by atoms with Gasteiger partial charge in [-0.25, -0.2) is 22.7 Å². The number of H-pyrrole nitrogens is 2. The summed E-state index contributed by atoms with van der Waals surface area (Å²) in [6.07, 6.45) is 11.3. The molecule has 2 spiro atoms. The van der Waals surface area contributed by atoms with E-state index in [2.05, 4.69) is 54.2 Å². The number of para-hydroxylation sites is 2. The summed E-state index contributed by atoms with van der Waals surface area (Å²) in [6.45, 7) is 12.2. The first-order valence-electron chi connectivity index (χ1n) is 32.6. The second-order valence-corrected chi connectivity index (χ2v) is 29.4. The normalized spacial score (nSPS) is 20.4. The van der Waals surface area contributed by atoms with Crippen LogP contribution in [0.1, 0.15) is 136 Å². The van der Waals surface area contributed by atoms with Crippen molar-refractivity contribution in [3.8, 4) is 0 Å². The Balaban J connectivity index is 0.000000205. The molecular weight excluding hydrogens is 1180 g/mol. The lowest BCUT2D eigenvalue weighted by atomic mass is 9.73. The summed E-state index contributed by atoms with van der Waals surface area (Å²) in [4.78, 5) is 97.8. The van der Waals surface area contributed by atoms with E-state index in [-0.39, 0.29) is 89.8 Å². The van der Waals surface area contributed by atoms with Gasteiger partial charge in [0.15, 0.2) is 0 Å². The molecule has 92 heavy (non-hydrogen) atoms. The highest BCUT2D eigenvalue weighted by atomic mass is 32.2. The summed E-state index contributed by atoms with van der Waals surface area (Å²) in [5, 5.41) is 14.4. The Morgan fingerprint density at radius 1 is 0.674 bits per heavy atom. The van der Waals surface area contributed by atoms with Gasteiger partial charge in [0, 0.05) is 149 Å². The van der Waals surface area contributed by atoms with Crippen LogP contribution in [0.3, 0.4) is 0 Å². The average Bonchev–Trinajstić information content (AvgIpc) is 1.59. The maximum absolute atomic E-state index is 14.5. The molecule has 6 aromatic rings. The smallest absolute Gasteiger partial charge is 0.318 e. The zero-order valence-corrected chi connectivity index (χ0v) is 55.8. The minimum Gasteiger partial charge on any atom is -0.361 e. The number of aromatic amines is 2. The van der Waals surface area contributed by atoms with Gasteiger partial charge >= 0.3 is 12.1 Å². The van der Waals surface area contributed by atoms with Gasteiger partial charge in [0.2, 0.25) is 33.7 Å². The zero-order chi connectivity index (χ0) is 65.9. The topological polar surface area (TPSA) is 271 Å². The van der Waals surface area contributed by atoms with Crippen LogP contribution in [0, 0.1) is 0 Å². The van der Waals surface area contributed by atoms with Crippen LogP contribution in [-0.4, -0.2) is 196 Å². The summed E-state index contributed by atoms with van der Waals surface area (Å²) in [5.41, 5.74) is 13.6. The number of aromatic nitrogens is 2. The van der Waals surface area contributed by atoms with Gasteiger partial charge in [-0.2, -0.15) is 0 Å². The summed E-state index contributed by atoms with van der Waals surface area (Å²) >= 11 is 0. The molecule has 9 N–H and O–H groups in total. The fraction of sp³-hybridized carbons (Fsp3) is 0.514. The number of fused-ring (bicyclic) bond motifs is 6. The minimum absolute atomic E-state index is 0.0317. The lowest BCUT2D eigenvalue weighted by Crippen LogP contribution is -2.58. The van der Waals surface area contributed by atoms with Gasteiger partial charge < -0.3 is 61.5 Å². The van der Waals surface area contributed by atoms with Crippen LogP contribution < -0.4 is 31.7 Å². The summed E-state index contributed by atoms with van der Waals surface area (Å²) in [5.74, 6) is -1.18. The Hall–Kier alpha value is -7.79. The number of sulfonamides is 1. The number of hydrogen-bond donors (Lipinski definition) is 8. The number of amides is 8. The lowest BCUT2D eigenvalue weighted by molar-refractivity contribution is -0.136. The summed E-state index contributed by atoms with van der Waals surface area (Å²) in [6, 6.07) is 30.3. The Morgan fingerprint density at radius 2 is 1.14 bits per heavy atom. The average molecular weight is 1280 g/mol. The van der Waals surface area contributed by atoms with Gasteiger partial charge in [0.05, 0.1) is 18.1 Å². The molecule has 7 atom stereocenters. The van der Waals surface area contributed by atoms with E-state index in [9.17, 15) is 37.2 Å². The second kappa shape index (κ2) is 27.8. The van der Waals surface area contributed by atoms with Gasteiger partial charge in [0.1, 0.15) is 12.1 Å². The standard InChI is InChI=1S/C37H51N7O5S.C33H44N6O3/c1-25(30-24-39-32-14-8-6-12-28(30)32)33(41-36(47)43(3)26-10-9-17-38-23-26)35(46)44-19-15-37(16-20-44)22-29(27-11-5-7-13-31(27)37)34(45)42(2)21-18-40-50(4,48)49;1-21(25-19-35-27-13-9-7-11-23(25)27)28(37-31(42)36-20-32(2,3)34)30(41)39-16-14-33(15-17-39)18-24(29(40)38(4)5)22-10-6-8-12-26(22)33/h5-8,11-14,24-26,29,33,38-40H,9-10,15-23H2,1-4H3,(H,41,47);6-13,19,21,24,28,35H,14-18,20,34H2,1-5H3,(H2,36,37,42). The lowest BCUT2D eigenvalue weighted by Gasteiger charge is -2.42. The first-order chi connectivity index (χ1) is 43.8. The third kappa shape index (κ3) is 14.5. The molecule has 5 heterocycles. The SMILES string of the molecule is CC(c1c[nH]c2ccccc12)C(NC(=O)N(C)C1CCCNC1)C(=O)N1CCC2(CC1)CC(C(=O)N(C)CCNS(C)(=O)=O)c1ccccc12.CC(c1c[nH]c2ccccc12)C(NC(=O)NCC(C)(C)N)C(=O)N1CCC2(CC1)CC(C(=O)N(C)C)c1ccccc12. The predicted octanol–water partition coefficient (Wildman–Crippen LogP) is 6.90. The maximum atomic E-state index is 14.5. The molecule has 3 saturated heterocycles. The number of urea groups is 2. The largest absolute Gasteiger partial charge is 0.361 e. The Bertz CT molecular complexity index is 3760. The Kier molecular flexibility index (Phi) is 20.3. The molecule has 494 valence electrons. The number of benzene rings is 4. The van der Waals surface area contributed by atoms with Crippen LogP contribution in [0.4, 0.5) is 9.59 Å². The van der Waals surface area contributed by atoms with Gasteiger partial charge in [-0.3, -0.25) is 19.2 Å². The summed E-state index contributed by atoms with van der Waals surface area (Å²) in [7, 11) is 3.80. The molecule has 22 heteroatoms. The molecule has 11 rings (SSSR count). The van der Waals surface area contributed by atoms with Crippen LogP contribution in [-0.2, 0) is 40.0 Å². The van der Waals surface area contributed by atoms with Crippen LogP contribution >= 0.6 is 0 Å². The van der Waals surface area contributed by atoms with E-state index < -0.39 is 33.7 Å².